The van der Waals surface area contributed by atoms with Gasteiger partial charge in [0.05, 0.1) is 136 Å². The van der Waals surface area contributed by atoms with Crippen molar-refractivity contribution in [2.24, 2.45) is 46.3 Å². The van der Waals surface area contributed by atoms with Crippen LogP contribution < -0.4 is 5.32 Å². The highest BCUT2D eigenvalue weighted by Gasteiger charge is 2.42. The fourth-order valence-electron chi connectivity index (χ4n) is 8.52. The van der Waals surface area contributed by atoms with Crippen molar-refractivity contribution in [2.45, 2.75) is 99.5 Å². The number of nitrogens with one attached hydrogen (secondary N) is 1. The number of carbonyl (C=O) groups excluding carboxylic acids is 12. The van der Waals surface area contributed by atoms with Crippen LogP contribution in [0.1, 0.15) is 93.9 Å². The van der Waals surface area contributed by atoms with Crippen LogP contribution in [0.3, 0.4) is 0 Å². The maximum atomic E-state index is 13.9. The molecule has 6 unspecified atom stereocenters. The summed E-state index contributed by atoms with van der Waals surface area (Å²) in [7, 11) is 2.88. The minimum absolute atomic E-state index is 0.0480. The second-order valence-corrected chi connectivity index (χ2v) is 35.1. The normalized spacial score (nSPS) is 14.3. The Hall–Kier alpha value is -4.59. The van der Waals surface area contributed by atoms with Gasteiger partial charge < -0.3 is 85.8 Å². The molecule has 0 spiro atoms. The van der Waals surface area contributed by atoms with E-state index in [1.807, 2.05) is 0 Å². The molecular formula is C71H121NO32S7. The van der Waals surface area contributed by atoms with Gasteiger partial charge in [-0.05, 0) is 13.8 Å². The van der Waals surface area contributed by atoms with Crippen LogP contribution in [0.5, 0.6) is 0 Å². The van der Waals surface area contributed by atoms with Crippen LogP contribution in [-0.2, 0) is 148 Å². The lowest BCUT2D eigenvalue weighted by Gasteiger charge is -2.35. The predicted molar refractivity (Wildman–Crippen MR) is 421 cm³/mol. The molecule has 0 fully saturated rings. The van der Waals surface area contributed by atoms with Gasteiger partial charge in [0.15, 0.2) is 0 Å². The molecule has 0 heterocycles. The van der Waals surface area contributed by atoms with Gasteiger partial charge >= 0.3 is 65.7 Å². The molecule has 2 N–H and O–H groups in total. The second kappa shape index (κ2) is 63.6. The number of thioether (sulfide) groups is 6. The van der Waals surface area contributed by atoms with E-state index in [0.717, 1.165) is 0 Å². The van der Waals surface area contributed by atoms with Gasteiger partial charge in [0.1, 0.15) is 72.7 Å². The molecule has 1 amide bonds. The molecular weight excluding hydrogens is 1600 g/mol. The first-order chi connectivity index (χ1) is 52.6. The van der Waals surface area contributed by atoms with Gasteiger partial charge in [-0.25, -0.2) is 0 Å². The van der Waals surface area contributed by atoms with Crippen LogP contribution in [0, 0.1) is 46.3 Å². The number of hydrogen-bond donors (Lipinski definition) is 2. The van der Waals surface area contributed by atoms with Crippen molar-refractivity contribution in [1.82, 2.24) is 5.32 Å². The molecule has 0 aromatic heterocycles. The molecule has 0 aliphatic carbocycles. The molecule has 0 bridgehead atoms. The van der Waals surface area contributed by atoms with Crippen LogP contribution in [0.25, 0.3) is 0 Å². The van der Waals surface area contributed by atoms with Gasteiger partial charge in [0.2, 0.25) is 5.91 Å². The summed E-state index contributed by atoms with van der Waals surface area (Å²) >= 11 is 7.52. The molecule has 0 aromatic rings. The molecule has 111 heavy (non-hydrogen) atoms. The largest absolute Gasteiger partial charge is 0.465 e. The standard InChI is InChI=1S/C71H121NO32S7/c1-51(63(79)72-69(7,8)50-111(85,86)87)36-105-30-14-57(73)99-44-70(45-100-58(74)15-31-106-37-52(2)64(80)94-25-20-88-9,46-101-59(75)16-32-107-38-53(3)65(81)95-26-21-89-10)42-93-43-71(47-102-60(76)17-33-108-39-54(4)66(82)96-27-22-90-11,48-103-61(77)18-34-109-40-55(5)67(83)97-28-23-91-12)49-104-62(78)19-35-110-41-56(6)68(84)98-29-24-92-13/h51-56H,14-50H2,1-13H3,(H,72,79)(H,85,86,87). The molecule has 0 aliphatic rings. The molecule has 33 nitrogen and oxygen atoms in total. The number of esters is 11. The van der Waals surface area contributed by atoms with Gasteiger partial charge in [-0.15, -0.1) is 0 Å². The van der Waals surface area contributed by atoms with Crippen molar-refractivity contribution in [2.75, 3.05) is 229 Å². The molecule has 0 saturated heterocycles. The Balaban J connectivity index is 7.84. The molecule has 0 saturated carbocycles. The number of methoxy groups -OCH3 is 5. The zero-order chi connectivity index (χ0) is 83.5. The molecule has 0 radical (unpaired) electrons. The second-order valence-electron chi connectivity index (χ2n) is 26.7. The highest BCUT2D eigenvalue weighted by molar-refractivity contribution is 8.00. The zero-order valence-electron chi connectivity index (χ0n) is 66.6. The first kappa shape index (κ1) is 106. The molecule has 0 aromatic carbocycles. The summed E-state index contributed by atoms with van der Waals surface area (Å²) < 4.78 is 126. The maximum Gasteiger partial charge on any atom is 0.309 e. The predicted octanol–water partition coefficient (Wildman–Crippen LogP) is 5.52. The minimum atomic E-state index is -4.45. The van der Waals surface area contributed by atoms with E-state index in [1.165, 1.54) is 120 Å². The summed E-state index contributed by atoms with van der Waals surface area (Å²) in [5, 5.41) is 2.60. The Labute approximate surface area is 679 Å². The Kier molecular flexibility index (Phi) is 61.0. The summed E-state index contributed by atoms with van der Waals surface area (Å²) in [5.74, 6) is -9.32. The van der Waals surface area contributed by atoms with E-state index in [-0.39, 0.29) is 174 Å². The van der Waals surface area contributed by atoms with Crippen molar-refractivity contribution in [3.63, 3.8) is 0 Å². The third-order valence-corrected chi connectivity index (χ3v) is 23.5. The molecule has 40 heteroatoms. The number of rotatable bonds is 70. The lowest BCUT2D eigenvalue weighted by atomic mass is 9.90. The average molecular weight is 1730 g/mol. The minimum Gasteiger partial charge on any atom is -0.465 e. The van der Waals surface area contributed by atoms with E-state index in [4.69, 9.17) is 80.5 Å². The van der Waals surface area contributed by atoms with Crippen molar-refractivity contribution >= 4 is 152 Å². The van der Waals surface area contributed by atoms with E-state index < -0.39 is 192 Å². The fourth-order valence-corrected chi connectivity index (χ4v) is 15.3. The Bertz CT molecular complexity index is 2650. The summed E-state index contributed by atoms with van der Waals surface area (Å²) in [4.78, 5) is 159. The lowest BCUT2D eigenvalue weighted by molar-refractivity contribution is -0.175. The van der Waals surface area contributed by atoms with E-state index in [0.29, 0.717) is 0 Å². The lowest BCUT2D eigenvalue weighted by Crippen LogP contribution is -2.50. The average Bonchev–Trinajstić information content (AvgIpc) is 0.849. The van der Waals surface area contributed by atoms with Crippen LogP contribution in [0.15, 0.2) is 0 Å². The quantitative estimate of drug-likeness (QED) is 0.0327. The van der Waals surface area contributed by atoms with E-state index in [9.17, 15) is 70.5 Å². The fraction of sp³-hybridized carbons (Fsp3) is 0.831. The SMILES string of the molecule is COCCOC(=O)C(C)CSCCC(=O)OCC(COCC(COC(=O)CCSCC(C)C(=O)OCCOC)(COC(=O)CCSCC(C)C(=O)OCCOC)COC(=O)CCSCC(C)C(=O)OCCOC)(COC(=O)CCSCC(C)C(=O)NC(C)(C)CS(=O)(=O)O)COC(=O)CCSCC(C)C(=O)OCCOC. The van der Waals surface area contributed by atoms with E-state index >= 15 is 0 Å². The smallest absolute Gasteiger partial charge is 0.309 e. The first-order valence-corrected chi connectivity index (χ1v) is 44.7. The number of ether oxygens (including phenoxy) is 17. The monoisotopic (exact) mass is 1720 g/mol. The summed E-state index contributed by atoms with van der Waals surface area (Å²) in [5.41, 5.74) is -4.93. The Morgan fingerprint density at radius 1 is 0.315 bits per heavy atom. The van der Waals surface area contributed by atoms with Gasteiger partial charge in [0, 0.05) is 111 Å². The highest BCUT2D eigenvalue weighted by Crippen LogP contribution is 2.29. The molecule has 6 atom stereocenters. The highest BCUT2D eigenvalue weighted by atomic mass is 32.2. The van der Waals surface area contributed by atoms with E-state index in [2.05, 4.69) is 5.32 Å². The molecule has 644 valence electrons. The van der Waals surface area contributed by atoms with Crippen LogP contribution in [-0.4, -0.2) is 319 Å². The first-order valence-electron chi connectivity index (χ1n) is 36.1. The van der Waals surface area contributed by atoms with Crippen LogP contribution in [0.4, 0.5) is 0 Å². The van der Waals surface area contributed by atoms with Crippen LogP contribution >= 0.6 is 70.6 Å². The van der Waals surface area contributed by atoms with Gasteiger partial charge in [-0.2, -0.15) is 79.0 Å². The molecule has 0 aliphatic heterocycles. The number of hydrogen-bond acceptors (Lipinski definition) is 37. The van der Waals surface area contributed by atoms with E-state index in [1.54, 1.807) is 41.5 Å². The van der Waals surface area contributed by atoms with Crippen molar-refractivity contribution in [1.29, 1.82) is 0 Å². The number of amides is 1. The Morgan fingerprint density at radius 2 is 0.514 bits per heavy atom. The zero-order valence-corrected chi connectivity index (χ0v) is 72.3. The maximum absolute atomic E-state index is 13.9. The third kappa shape index (κ3) is 56.4. The van der Waals surface area contributed by atoms with Crippen molar-refractivity contribution in [3.05, 3.63) is 0 Å². The summed E-state index contributed by atoms with van der Waals surface area (Å²) in [6.45, 7) is 8.80. The number of carbonyl (C=O) groups is 12. The van der Waals surface area contributed by atoms with Crippen molar-refractivity contribution in [3.8, 4) is 0 Å². The van der Waals surface area contributed by atoms with Gasteiger partial charge in [-0.1, -0.05) is 41.5 Å². The third-order valence-electron chi connectivity index (χ3n) is 15.1. The van der Waals surface area contributed by atoms with Crippen molar-refractivity contribution < 1.29 is 151 Å². The van der Waals surface area contributed by atoms with Gasteiger partial charge in [-0.3, -0.25) is 62.1 Å². The summed E-state index contributed by atoms with van der Waals surface area (Å²) in [6, 6.07) is 0. The Morgan fingerprint density at radius 3 is 0.703 bits per heavy atom. The topological polar surface area (TPSA) is 428 Å². The van der Waals surface area contributed by atoms with Crippen LogP contribution in [0.2, 0.25) is 0 Å². The summed E-state index contributed by atoms with van der Waals surface area (Å²) in [6.07, 6.45) is -1.30. The molecule has 0 rings (SSSR count). The van der Waals surface area contributed by atoms with Gasteiger partial charge in [0.25, 0.3) is 10.1 Å².